The lowest BCUT2D eigenvalue weighted by Crippen LogP contribution is -2.54. The fourth-order valence-corrected chi connectivity index (χ4v) is 7.33. The molecule has 0 radical (unpaired) electrons. The summed E-state index contributed by atoms with van der Waals surface area (Å²) in [5, 5.41) is 1.31. The van der Waals surface area contributed by atoms with Crippen molar-refractivity contribution in [2.75, 3.05) is 24.5 Å². The molecule has 0 spiro atoms. The van der Waals surface area contributed by atoms with Gasteiger partial charge in [0.2, 0.25) is 11.8 Å². The van der Waals surface area contributed by atoms with Gasteiger partial charge in [-0.05, 0) is 54.5 Å². The van der Waals surface area contributed by atoms with Crippen molar-refractivity contribution in [1.82, 2.24) is 9.62 Å². The molecule has 2 aromatic carbocycles. The van der Waals surface area contributed by atoms with Gasteiger partial charge in [0.15, 0.2) is 0 Å². The van der Waals surface area contributed by atoms with Crippen LogP contribution in [0, 0.1) is 0 Å². The molecule has 1 N–H and O–H groups in total. The fourth-order valence-electron chi connectivity index (χ4n) is 4.41. The Labute approximate surface area is 201 Å². The number of fused-ring (bicyclic) bond motifs is 2. The van der Waals surface area contributed by atoms with Crippen LogP contribution in [0.3, 0.4) is 0 Å². The normalized spacial score (nSPS) is 18.7. The van der Waals surface area contributed by atoms with Crippen LogP contribution in [-0.2, 0) is 26.0 Å². The molecule has 0 unspecified atom stereocenters. The van der Waals surface area contributed by atoms with Gasteiger partial charge in [-0.1, -0.05) is 35.9 Å². The second-order valence-electron chi connectivity index (χ2n) is 8.25. The van der Waals surface area contributed by atoms with Crippen LogP contribution < -0.4 is 9.62 Å². The highest BCUT2D eigenvalue weighted by Gasteiger charge is 2.35. The lowest BCUT2D eigenvalue weighted by molar-refractivity contribution is -0.138. The number of nitrogens with zero attached hydrogens (tertiary/aromatic N) is 2. The highest BCUT2D eigenvalue weighted by atomic mass is 35.5. The van der Waals surface area contributed by atoms with E-state index in [0.29, 0.717) is 31.0 Å². The van der Waals surface area contributed by atoms with Gasteiger partial charge < -0.3 is 9.80 Å². The highest BCUT2D eigenvalue weighted by molar-refractivity contribution is 7.91. The van der Waals surface area contributed by atoms with E-state index in [1.54, 1.807) is 29.2 Å². The highest BCUT2D eigenvalue weighted by Crippen LogP contribution is 2.32. The quantitative estimate of drug-likeness (QED) is 0.578. The minimum absolute atomic E-state index is 0.0627. The first kappa shape index (κ1) is 22.3. The summed E-state index contributed by atoms with van der Waals surface area (Å²) in [7, 11) is -3.89. The van der Waals surface area contributed by atoms with Gasteiger partial charge in [-0.3, -0.25) is 9.59 Å². The molecule has 0 bridgehead atoms. The Kier molecular flexibility index (Phi) is 5.90. The van der Waals surface area contributed by atoms with Crippen molar-refractivity contribution >= 4 is 60.5 Å². The van der Waals surface area contributed by atoms with Gasteiger partial charge in [-0.25, -0.2) is 8.42 Å². The Balaban J connectivity index is 1.29. The Morgan fingerprint density at radius 3 is 2.82 bits per heavy atom. The maximum atomic E-state index is 13.1. The van der Waals surface area contributed by atoms with Gasteiger partial charge >= 0.3 is 0 Å². The monoisotopic (exact) mass is 503 g/mol. The van der Waals surface area contributed by atoms with E-state index in [9.17, 15) is 18.0 Å². The number of halogens is 1. The molecule has 33 heavy (non-hydrogen) atoms. The molecule has 2 aliphatic heterocycles. The Bertz CT molecular complexity index is 1350. The second kappa shape index (κ2) is 8.72. The van der Waals surface area contributed by atoms with Crippen LogP contribution in [0.1, 0.15) is 18.4 Å². The number of sulfonamides is 1. The van der Waals surface area contributed by atoms with Crippen molar-refractivity contribution in [3.63, 3.8) is 0 Å². The van der Waals surface area contributed by atoms with E-state index < -0.39 is 16.1 Å². The van der Waals surface area contributed by atoms with E-state index in [1.165, 1.54) is 4.90 Å². The number of amides is 2. The number of rotatable bonds is 5. The molecule has 1 saturated heterocycles. The maximum absolute atomic E-state index is 13.1. The van der Waals surface area contributed by atoms with E-state index >= 15 is 0 Å². The number of hydrogen-bond acceptors (Lipinski definition) is 5. The average molecular weight is 504 g/mol. The van der Waals surface area contributed by atoms with Crippen LogP contribution in [0.2, 0.25) is 5.02 Å². The zero-order valence-electron chi connectivity index (χ0n) is 17.7. The summed E-state index contributed by atoms with van der Waals surface area (Å²) in [6.07, 6.45) is 1.80. The molecule has 2 amide bonds. The van der Waals surface area contributed by atoms with Crippen molar-refractivity contribution in [2.45, 2.75) is 29.5 Å². The molecule has 172 valence electrons. The van der Waals surface area contributed by atoms with Crippen molar-refractivity contribution < 1.29 is 18.0 Å². The number of hydrogen-bond donors (Lipinski definition) is 1. The Hall–Kier alpha value is -2.46. The standard InChI is InChI=1S/C23H22ClN3O4S2/c24-17-8-7-16-12-22(32-20(16)13-17)33(30,31)25-18-5-3-10-26(23(18)29)14-21(28)27-11-9-15-4-1-2-6-19(15)27/h1-2,4,6-8,12-13,18,25H,3,5,9-11,14H2/t18-/m0/s1. The zero-order valence-corrected chi connectivity index (χ0v) is 20.0. The lowest BCUT2D eigenvalue weighted by Gasteiger charge is -2.33. The van der Waals surface area contributed by atoms with Crippen LogP contribution in [0.5, 0.6) is 0 Å². The second-order valence-corrected chi connectivity index (χ2v) is 11.7. The summed E-state index contributed by atoms with van der Waals surface area (Å²) in [6.45, 7) is 0.957. The third kappa shape index (κ3) is 4.38. The molecule has 3 aromatic rings. The zero-order chi connectivity index (χ0) is 23.2. The third-order valence-electron chi connectivity index (χ3n) is 6.07. The smallest absolute Gasteiger partial charge is 0.250 e. The van der Waals surface area contributed by atoms with Gasteiger partial charge in [-0.15, -0.1) is 11.3 Å². The Morgan fingerprint density at radius 2 is 1.97 bits per heavy atom. The van der Waals surface area contributed by atoms with Crippen molar-refractivity contribution in [3.05, 3.63) is 59.1 Å². The predicted molar refractivity (Wildman–Crippen MR) is 129 cm³/mol. The van der Waals surface area contributed by atoms with E-state index in [4.69, 9.17) is 11.6 Å². The largest absolute Gasteiger partial charge is 0.332 e. The number of carbonyl (C=O) groups is 2. The number of anilines is 1. The van der Waals surface area contributed by atoms with Crippen molar-refractivity contribution in [1.29, 1.82) is 0 Å². The number of para-hydroxylation sites is 1. The molecular weight excluding hydrogens is 482 g/mol. The minimum Gasteiger partial charge on any atom is -0.332 e. The first-order valence-electron chi connectivity index (χ1n) is 10.7. The molecule has 1 atom stereocenters. The summed E-state index contributed by atoms with van der Waals surface area (Å²) < 4.78 is 29.4. The first-order chi connectivity index (χ1) is 15.8. The number of benzene rings is 2. The molecular formula is C23H22ClN3O4S2. The first-order valence-corrected chi connectivity index (χ1v) is 13.4. The molecule has 10 heteroatoms. The Morgan fingerprint density at radius 1 is 1.15 bits per heavy atom. The van der Waals surface area contributed by atoms with Crippen molar-refractivity contribution in [3.8, 4) is 0 Å². The minimum atomic E-state index is -3.89. The number of carbonyl (C=O) groups excluding carboxylic acids is 2. The van der Waals surface area contributed by atoms with Crippen molar-refractivity contribution in [2.24, 2.45) is 0 Å². The van der Waals surface area contributed by atoms with Gasteiger partial charge in [-0.2, -0.15) is 4.72 Å². The summed E-state index contributed by atoms with van der Waals surface area (Å²) in [4.78, 5) is 29.2. The van der Waals surface area contributed by atoms with Crippen LogP contribution in [0.4, 0.5) is 5.69 Å². The molecule has 0 aliphatic carbocycles. The summed E-state index contributed by atoms with van der Waals surface area (Å²) >= 11 is 7.12. The van der Waals surface area contributed by atoms with Gasteiger partial charge in [0, 0.05) is 28.5 Å². The van der Waals surface area contributed by atoms with Gasteiger partial charge in [0.25, 0.3) is 10.0 Å². The van der Waals surface area contributed by atoms with Crippen LogP contribution >= 0.6 is 22.9 Å². The van der Waals surface area contributed by atoms with E-state index in [0.717, 1.165) is 39.1 Å². The molecule has 0 saturated carbocycles. The van der Waals surface area contributed by atoms with Crippen LogP contribution in [-0.4, -0.2) is 50.8 Å². The summed E-state index contributed by atoms with van der Waals surface area (Å²) in [5.74, 6) is -0.520. The number of likely N-dealkylation sites (tertiary alicyclic amines) is 1. The molecule has 3 heterocycles. The van der Waals surface area contributed by atoms with E-state index in [-0.39, 0.29) is 22.6 Å². The predicted octanol–water partition coefficient (Wildman–Crippen LogP) is 3.41. The summed E-state index contributed by atoms with van der Waals surface area (Å²) in [5.41, 5.74) is 2.00. The molecule has 1 aromatic heterocycles. The molecule has 5 rings (SSSR count). The number of piperidine rings is 1. The van der Waals surface area contributed by atoms with Crippen LogP contribution in [0.15, 0.2) is 52.7 Å². The van der Waals surface area contributed by atoms with Gasteiger partial charge in [0.05, 0.1) is 0 Å². The van der Waals surface area contributed by atoms with E-state index in [1.807, 2.05) is 24.3 Å². The lowest BCUT2D eigenvalue weighted by atomic mass is 10.1. The summed E-state index contributed by atoms with van der Waals surface area (Å²) in [6, 6.07) is 13.6. The number of thiophene rings is 1. The third-order valence-corrected chi connectivity index (χ3v) is 9.34. The van der Waals surface area contributed by atoms with Crippen LogP contribution in [0.25, 0.3) is 10.1 Å². The molecule has 1 fully saturated rings. The topological polar surface area (TPSA) is 86.8 Å². The maximum Gasteiger partial charge on any atom is 0.250 e. The molecule has 7 nitrogen and oxygen atoms in total. The van der Waals surface area contributed by atoms with Gasteiger partial charge in [0.1, 0.15) is 16.8 Å². The van der Waals surface area contributed by atoms with E-state index in [2.05, 4.69) is 4.72 Å². The number of nitrogens with one attached hydrogen (secondary N) is 1. The SMILES string of the molecule is O=C1[C@@H](NS(=O)(=O)c2cc3ccc(Cl)cc3s2)CCCN1CC(=O)N1CCc2ccccc21. The molecule has 2 aliphatic rings. The average Bonchev–Trinajstić information content (AvgIpc) is 3.41. The fraction of sp³-hybridized carbons (Fsp3) is 0.304.